The summed E-state index contributed by atoms with van der Waals surface area (Å²) in [5.41, 5.74) is -3.42. The Balaban J connectivity index is 3.48. The zero-order valence-corrected chi connectivity index (χ0v) is 9.46. The van der Waals surface area contributed by atoms with Crippen LogP contribution in [-0.4, -0.2) is 23.2 Å². The quantitative estimate of drug-likeness (QED) is 0.864. The van der Waals surface area contributed by atoms with E-state index < -0.39 is 47.7 Å². The summed E-state index contributed by atoms with van der Waals surface area (Å²) in [6.07, 6.45) is -9.25. The summed E-state index contributed by atoms with van der Waals surface area (Å²) in [6, 6.07) is 0.161. The molecule has 0 fully saturated rings. The van der Waals surface area contributed by atoms with Crippen molar-refractivity contribution < 1.29 is 36.6 Å². The maximum Gasteiger partial charge on any atom is 0.418 e. The van der Waals surface area contributed by atoms with Crippen LogP contribution in [0.2, 0.25) is 0 Å². The van der Waals surface area contributed by atoms with Gasteiger partial charge >= 0.3 is 12.1 Å². The number of hydrogen-bond acceptors (Lipinski definition) is 3. The second-order valence-corrected chi connectivity index (χ2v) is 3.45. The molecule has 1 aromatic heterocycles. The van der Waals surface area contributed by atoms with Gasteiger partial charge in [0.1, 0.15) is 0 Å². The van der Waals surface area contributed by atoms with Gasteiger partial charge in [0.05, 0.1) is 30.4 Å². The van der Waals surface area contributed by atoms with E-state index in [9.17, 15) is 26.7 Å². The molecular formula is C10H8F5NO3. The zero-order valence-electron chi connectivity index (χ0n) is 9.46. The number of aromatic nitrogens is 1. The molecule has 0 bridgehead atoms. The molecule has 0 aromatic carbocycles. The normalized spacial score (nSPS) is 11.7. The molecule has 0 atom stereocenters. The van der Waals surface area contributed by atoms with Crippen LogP contribution in [-0.2, 0) is 17.4 Å². The summed E-state index contributed by atoms with van der Waals surface area (Å²) >= 11 is 0. The van der Waals surface area contributed by atoms with Crippen LogP contribution in [0.25, 0.3) is 0 Å². The topological polar surface area (TPSA) is 59.4 Å². The lowest BCUT2D eigenvalue weighted by molar-refractivity contribution is -0.140. The van der Waals surface area contributed by atoms with Crippen LogP contribution in [0.15, 0.2) is 6.07 Å². The fourth-order valence-electron chi connectivity index (χ4n) is 1.39. The van der Waals surface area contributed by atoms with Crippen molar-refractivity contribution in [1.82, 2.24) is 4.98 Å². The van der Waals surface area contributed by atoms with Gasteiger partial charge in [0.25, 0.3) is 6.43 Å². The first-order valence-corrected chi connectivity index (χ1v) is 4.81. The standard InChI is InChI=1S/C10H8F5NO3/c1-19-9-4(8(11)12)2-5(10(13,14)15)6(16-9)3-7(17)18/h2,8H,3H2,1H3,(H,17,18). The number of carboxylic acid groups (broad SMARTS) is 1. The van der Waals surface area contributed by atoms with Crippen LogP contribution in [0.5, 0.6) is 5.88 Å². The molecule has 19 heavy (non-hydrogen) atoms. The maximum atomic E-state index is 12.7. The van der Waals surface area contributed by atoms with Crippen molar-refractivity contribution in [2.75, 3.05) is 7.11 Å². The first-order valence-electron chi connectivity index (χ1n) is 4.81. The smallest absolute Gasteiger partial charge is 0.418 e. The molecule has 9 heteroatoms. The number of nitrogens with zero attached hydrogens (tertiary/aromatic N) is 1. The molecule has 0 saturated heterocycles. The number of methoxy groups -OCH3 is 1. The summed E-state index contributed by atoms with van der Waals surface area (Å²) in [5.74, 6) is -2.29. The lowest BCUT2D eigenvalue weighted by atomic mass is 10.1. The Hall–Kier alpha value is -1.93. The molecule has 0 radical (unpaired) electrons. The molecule has 0 saturated carbocycles. The predicted octanol–water partition coefficient (Wildman–Crippen LogP) is 2.67. The Labute approximate surface area is 103 Å². The number of pyridine rings is 1. The molecule has 0 aliphatic rings. The van der Waals surface area contributed by atoms with Gasteiger partial charge in [0.2, 0.25) is 5.88 Å². The van der Waals surface area contributed by atoms with Crippen LogP contribution in [0.3, 0.4) is 0 Å². The average Bonchev–Trinajstić information content (AvgIpc) is 2.25. The SMILES string of the molecule is COc1nc(CC(=O)O)c(C(F)(F)F)cc1C(F)F. The highest BCUT2D eigenvalue weighted by atomic mass is 19.4. The van der Waals surface area contributed by atoms with Crippen molar-refractivity contribution in [3.63, 3.8) is 0 Å². The first kappa shape index (κ1) is 15.1. The minimum Gasteiger partial charge on any atom is -0.481 e. The van der Waals surface area contributed by atoms with Crippen LogP contribution < -0.4 is 4.74 Å². The number of halogens is 5. The van der Waals surface area contributed by atoms with Crippen molar-refractivity contribution in [1.29, 1.82) is 0 Å². The molecule has 0 aliphatic heterocycles. The Kier molecular flexibility index (Phi) is 4.28. The van der Waals surface area contributed by atoms with Crippen LogP contribution in [0.1, 0.15) is 23.2 Å². The van der Waals surface area contributed by atoms with Crippen LogP contribution >= 0.6 is 0 Å². The number of rotatable bonds is 4. The second kappa shape index (κ2) is 5.37. The number of carboxylic acids is 1. The highest BCUT2D eigenvalue weighted by Gasteiger charge is 2.37. The molecule has 1 heterocycles. The lowest BCUT2D eigenvalue weighted by Gasteiger charge is -2.15. The van der Waals surface area contributed by atoms with Crippen molar-refractivity contribution in [2.45, 2.75) is 19.0 Å². The number of aliphatic carboxylic acids is 1. The molecule has 0 amide bonds. The molecule has 1 aromatic rings. The van der Waals surface area contributed by atoms with Crippen molar-refractivity contribution in [2.24, 2.45) is 0 Å². The fraction of sp³-hybridized carbons (Fsp3) is 0.400. The summed E-state index contributed by atoms with van der Waals surface area (Å²) in [7, 11) is 0.950. The second-order valence-electron chi connectivity index (χ2n) is 3.45. The van der Waals surface area contributed by atoms with Gasteiger partial charge in [-0.2, -0.15) is 13.2 Å². The van der Waals surface area contributed by atoms with Crippen LogP contribution in [0.4, 0.5) is 22.0 Å². The molecule has 1 rings (SSSR count). The summed E-state index contributed by atoms with van der Waals surface area (Å²) < 4.78 is 67.6. The zero-order chi connectivity index (χ0) is 14.8. The van der Waals surface area contributed by atoms with E-state index in [0.717, 1.165) is 7.11 Å². The Bertz CT molecular complexity index is 487. The third-order valence-corrected chi connectivity index (χ3v) is 2.15. The molecule has 0 aliphatic carbocycles. The van der Waals surface area contributed by atoms with Gasteiger partial charge in [-0.15, -0.1) is 0 Å². The van der Waals surface area contributed by atoms with Crippen LogP contribution in [0, 0.1) is 0 Å². The molecular weight excluding hydrogens is 277 g/mol. The van der Waals surface area contributed by atoms with Crippen molar-refractivity contribution in [3.05, 3.63) is 22.9 Å². The predicted molar refractivity (Wildman–Crippen MR) is 52.1 cm³/mol. The molecule has 106 valence electrons. The molecule has 4 nitrogen and oxygen atoms in total. The van der Waals surface area contributed by atoms with Gasteiger partial charge in [-0.05, 0) is 6.07 Å². The fourth-order valence-corrected chi connectivity index (χ4v) is 1.39. The maximum absolute atomic E-state index is 12.7. The average molecular weight is 285 g/mol. The van der Waals surface area contributed by atoms with E-state index in [0.29, 0.717) is 0 Å². The van der Waals surface area contributed by atoms with E-state index >= 15 is 0 Å². The molecule has 1 N–H and O–H groups in total. The third-order valence-electron chi connectivity index (χ3n) is 2.15. The minimum absolute atomic E-state index is 0.161. The highest BCUT2D eigenvalue weighted by molar-refractivity contribution is 5.70. The van der Waals surface area contributed by atoms with E-state index in [1.807, 2.05) is 0 Å². The van der Waals surface area contributed by atoms with Gasteiger partial charge in [-0.3, -0.25) is 4.79 Å². The Morgan fingerprint density at radius 3 is 2.42 bits per heavy atom. The van der Waals surface area contributed by atoms with Gasteiger partial charge in [-0.1, -0.05) is 0 Å². The van der Waals surface area contributed by atoms with E-state index in [4.69, 9.17) is 5.11 Å². The highest BCUT2D eigenvalue weighted by Crippen LogP contribution is 2.37. The lowest BCUT2D eigenvalue weighted by Crippen LogP contribution is -2.16. The summed E-state index contributed by atoms with van der Waals surface area (Å²) in [4.78, 5) is 13.7. The molecule has 0 spiro atoms. The van der Waals surface area contributed by atoms with Gasteiger partial charge in [0, 0.05) is 0 Å². The van der Waals surface area contributed by atoms with Crippen molar-refractivity contribution >= 4 is 5.97 Å². The van der Waals surface area contributed by atoms with Crippen molar-refractivity contribution in [3.8, 4) is 5.88 Å². The number of carbonyl (C=O) groups is 1. The Morgan fingerprint density at radius 2 is 2.05 bits per heavy atom. The number of hydrogen-bond donors (Lipinski definition) is 1. The van der Waals surface area contributed by atoms with Gasteiger partial charge < -0.3 is 9.84 Å². The minimum atomic E-state index is -4.98. The number of alkyl halides is 5. The van der Waals surface area contributed by atoms with Gasteiger partial charge in [-0.25, -0.2) is 13.8 Å². The molecule has 0 unspecified atom stereocenters. The summed E-state index contributed by atoms with van der Waals surface area (Å²) in [5, 5.41) is 8.50. The van der Waals surface area contributed by atoms with E-state index in [1.54, 1.807) is 0 Å². The number of ether oxygens (including phenoxy) is 1. The third kappa shape index (κ3) is 3.52. The summed E-state index contributed by atoms with van der Waals surface area (Å²) in [6.45, 7) is 0. The largest absolute Gasteiger partial charge is 0.481 e. The van der Waals surface area contributed by atoms with Gasteiger partial charge in [0.15, 0.2) is 0 Å². The monoisotopic (exact) mass is 285 g/mol. The van der Waals surface area contributed by atoms with E-state index in [1.165, 1.54) is 0 Å². The first-order chi connectivity index (χ1) is 8.66. The van der Waals surface area contributed by atoms with E-state index in [-0.39, 0.29) is 6.07 Å². The van der Waals surface area contributed by atoms with E-state index in [2.05, 4.69) is 9.72 Å². The Morgan fingerprint density at radius 1 is 1.47 bits per heavy atom.